The minimum atomic E-state index is -0.0724. The number of nitrogens with one attached hydrogen (secondary N) is 1. The van der Waals surface area contributed by atoms with Crippen LogP contribution >= 0.6 is 0 Å². The van der Waals surface area contributed by atoms with Crippen LogP contribution in [0.25, 0.3) is 0 Å². The van der Waals surface area contributed by atoms with Crippen LogP contribution < -0.4 is 10.2 Å². The summed E-state index contributed by atoms with van der Waals surface area (Å²) in [4.78, 5) is 23.8. The van der Waals surface area contributed by atoms with Gasteiger partial charge in [-0.25, -0.2) is 9.97 Å². The van der Waals surface area contributed by atoms with Crippen LogP contribution in [0.2, 0.25) is 0 Å². The highest BCUT2D eigenvalue weighted by atomic mass is 16.2. The number of carbonyl (C=O) groups excluding carboxylic acids is 1. The summed E-state index contributed by atoms with van der Waals surface area (Å²) < 4.78 is 0. The molecule has 1 aliphatic heterocycles. The molecule has 0 spiro atoms. The highest BCUT2D eigenvalue weighted by Gasteiger charge is 2.14. The first-order valence-corrected chi connectivity index (χ1v) is 5.68. The molecule has 6 nitrogen and oxygen atoms in total. The quantitative estimate of drug-likeness (QED) is 0.755. The van der Waals surface area contributed by atoms with Crippen LogP contribution in [0.5, 0.6) is 0 Å². The fourth-order valence-corrected chi connectivity index (χ4v) is 1.72. The van der Waals surface area contributed by atoms with Gasteiger partial charge in [-0.05, 0) is 0 Å². The number of piperazine rings is 1. The smallest absolute Gasteiger partial charge is 0.256 e. The topological polar surface area (TPSA) is 61.4 Å². The fourth-order valence-electron chi connectivity index (χ4n) is 1.72. The Morgan fingerprint density at radius 1 is 1.29 bits per heavy atom. The molecule has 0 aromatic carbocycles. The number of rotatable bonds is 2. The van der Waals surface area contributed by atoms with Crippen molar-refractivity contribution in [2.45, 2.75) is 0 Å². The lowest BCUT2D eigenvalue weighted by molar-refractivity contribution is 0.0827. The van der Waals surface area contributed by atoms with Gasteiger partial charge in [-0.2, -0.15) is 0 Å². The van der Waals surface area contributed by atoms with Gasteiger partial charge < -0.3 is 15.1 Å². The van der Waals surface area contributed by atoms with Gasteiger partial charge in [0, 0.05) is 52.7 Å². The van der Waals surface area contributed by atoms with Gasteiger partial charge >= 0.3 is 0 Å². The number of anilines is 1. The van der Waals surface area contributed by atoms with Gasteiger partial charge in [-0.15, -0.1) is 0 Å². The Hall–Kier alpha value is -1.69. The standard InChI is InChI=1S/C11H17N5O/c1-15(2)10(17)9-7-13-11(14-8-9)16-5-3-12-4-6-16/h7-8,12H,3-6H2,1-2H3. The molecule has 1 aliphatic rings. The molecule has 0 radical (unpaired) electrons. The van der Waals surface area contributed by atoms with Gasteiger partial charge in [0.1, 0.15) is 0 Å². The first kappa shape index (κ1) is 11.8. The number of amides is 1. The van der Waals surface area contributed by atoms with Crippen LogP contribution in [0, 0.1) is 0 Å². The Morgan fingerprint density at radius 2 is 1.88 bits per heavy atom. The van der Waals surface area contributed by atoms with E-state index in [-0.39, 0.29) is 5.91 Å². The highest BCUT2D eigenvalue weighted by Crippen LogP contribution is 2.08. The van der Waals surface area contributed by atoms with Gasteiger partial charge in [0.2, 0.25) is 5.95 Å². The Labute approximate surface area is 101 Å². The Balaban J connectivity index is 2.09. The van der Waals surface area contributed by atoms with E-state index < -0.39 is 0 Å². The average Bonchev–Trinajstić information content (AvgIpc) is 2.39. The predicted molar refractivity (Wildman–Crippen MR) is 65.1 cm³/mol. The van der Waals surface area contributed by atoms with Gasteiger partial charge in [0.05, 0.1) is 5.56 Å². The fraction of sp³-hybridized carbons (Fsp3) is 0.545. The monoisotopic (exact) mass is 235 g/mol. The zero-order chi connectivity index (χ0) is 12.3. The SMILES string of the molecule is CN(C)C(=O)c1cnc(N2CCNCC2)nc1. The summed E-state index contributed by atoms with van der Waals surface area (Å²) in [7, 11) is 3.43. The molecule has 0 atom stereocenters. The van der Waals surface area contributed by atoms with Crippen molar-refractivity contribution in [2.75, 3.05) is 45.2 Å². The number of aromatic nitrogens is 2. The maximum absolute atomic E-state index is 11.7. The molecule has 1 saturated heterocycles. The number of carbonyl (C=O) groups is 1. The molecule has 0 aliphatic carbocycles. The second-order valence-electron chi connectivity index (χ2n) is 4.21. The molecule has 17 heavy (non-hydrogen) atoms. The summed E-state index contributed by atoms with van der Waals surface area (Å²) in [5.41, 5.74) is 0.522. The van der Waals surface area contributed by atoms with Crippen molar-refractivity contribution in [3.63, 3.8) is 0 Å². The first-order chi connectivity index (χ1) is 8.18. The summed E-state index contributed by atoms with van der Waals surface area (Å²) >= 11 is 0. The van der Waals surface area contributed by atoms with Crippen LogP contribution in [0.1, 0.15) is 10.4 Å². The largest absolute Gasteiger partial charge is 0.345 e. The molecule has 2 rings (SSSR count). The maximum atomic E-state index is 11.7. The molecule has 1 aromatic heterocycles. The highest BCUT2D eigenvalue weighted by molar-refractivity contribution is 5.93. The molecule has 1 amide bonds. The van der Waals surface area contributed by atoms with Gasteiger partial charge in [-0.3, -0.25) is 4.79 Å². The van der Waals surface area contributed by atoms with Crippen LogP contribution in [-0.4, -0.2) is 61.0 Å². The number of hydrogen-bond donors (Lipinski definition) is 1. The van der Waals surface area contributed by atoms with Crippen molar-refractivity contribution in [2.24, 2.45) is 0 Å². The van der Waals surface area contributed by atoms with E-state index >= 15 is 0 Å². The van der Waals surface area contributed by atoms with Crippen LogP contribution in [0.3, 0.4) is 0 Å². The molecule has 1 N–H and O–H groups in total. The van der Waals surface area contributed by atoms with Crippen molar-refractivity contribution >= 4 is 11.9 Å². The third kappa shape index (κ3) is 2.71. The van der Waals surface area contributed by atoms with E-state index in [1.165, 1.54) is 4.90 Å². The second-order valence-corrected chi connectivity index (χ2v) is 4.21. The van der Waals surface area contributed by atoms with E-state index in [1.54, 1.807) is 26.5 Å². The zero-order valence-electron chi connectivity index (χ0n) is 10.2. The summed E-state index contributed by atoms with van der Waals surface area (Å²) in [5.74, 6) is 0.624. The zero-order valence-corrected chi connectivity index (χ0v) is 10.2. The minimum Gasteiger partial charge on any atom is -0.345 e. The lowest BCUT2D eigenvalue weighted by Crippen LogP contribution is -2.44. The van der Waals surface area contributed by atoms with Crippen molar-refractivity contribution < 1.29 is 4.79 Å². The molecule has 2 heterocycles. The number of hydrogen-bond acceptors (Lipinski definition) is 5. The predicted octanol–water partition coefficient (Wildman–Crippen LogP) is -0.412. The normalized spacial score (nSPS) is 15.8. The van der Waals surface area contributed by atoms with E-state index in [2.05, 4.69) is 20.2 Å². The van der Waals surface area contributed by atoms with Crippen LogP contribution in [-0.2, 0) is 0 Å². The molecule has 6 heteroatoms. The number of nitrogens with zero attached hydrogens (tertiary/aromatic N) is 4. The van der Waals surface area contributed by atoms with E-state index in [0.29, 0.717) is 11.5 Å². The van der Waals surface area contributed by atoms with Crippen molar-refractivity contribution in [3.8, 4) is 0 Å². The molecular weight excluding hydrogens is 218 g/mol. The molecule has 1 aromatic rings. The van der Waals surface area contributed by atoms with Gasteiger partial charge in [0.15, 0.2) is 0 Å². The lowest BCUT2D eigenvalue weighted by Gasteiger charge is -2.27. The molecule has 92 valence electrons. The first-order valence-electron chi connectivity index (χ1n) is 5.68. The van der Waals surface area contributed by atoms with Crippen molar-refractivity contribution in [1.29, 1.82) is 0 Å². The van der Waals surface area contributed by atoms with E-state index in [1.807, 2.05) is 0 Å². The molecular formula is C11H17N5O. The third-order valence-electron chi connectivity index (χ3n) is 2.69. The molecule has 1 fully saturated rings. The Bertz CT molecular complexity index is 383. The molecule has 0 unspecified atom stereocenters. The van der Waals surface area contributed by atoms with Crippen molar-refractivity contribution in [3.05, 3.63) is 18.0 Å². The summed E-state index contributed by atoms with van der Waals surface area (Å²) in [6.45, 7) is 3.70. The third-order valence-corrected chi connectivity index (χ3v) is 2.69. The van der Waals surface area contributed by atoms with Crippen LogP contribution in [0.15, 0.2) is 12.4 Å². The molecule has 0 saturated carbocycles. The Kier molecular flexibility index (Phi) is 3.53. The van der Waals surface area contributed by atoms with Gasteiger partial charge in [-0.1, -0.05) is 0 Å². The van der Waals surface area contributed by atoms with Crippen LogP contribution in [0.4, 0.5) is 5.95 Å². The lowest BCUT2D eigenvalue weighted by atomic mass is 10.3. The van der Waals surface area contributed by atoms with E-state index in [4.69, 9.17) is 0 Å². The van der Waals surface area contributed by atoms with E-state index in [9.17, 15) is 4.79 Å². The van der Waals surface area contributed by atoms with E-state index in [0.717, 1.165) is 26.2 Å². The Morgan fingerprint density at radius 3 is 2.41 bits per heavy atom. The summed E-state index contributed by atoms with van der Waals surface area (Å²) in [6, 6.07) is 0. The second kappa shape index (κ2) is 5.09. The molecule has 0 bridgehead atoms. The minimum absolute atomic E-state index is 0.0724. The summed E-state index contributed by atoms with van der Waals surface area (Å²) in [6.07, 6.45) is 3.18. The summed E-state index contributed by atoms with van der Waals surface area (Å²) in [5, 5.41) is 3.27. The van der Waals surface area contributed by atoms with Gasteiger partial charge in [0.25, 0.3) is 5.91 Å². The maximum Gasteiger partial charge on any atom is 0.256 e. The average molecular weight is 235 g/mol. The van der Waals surface area contributed by atoms with Crippen molar-refractivity contribution in [1.82, 2.24) is 20.2 Å².